The molecule has 0 aliphatic carbocycles. The summed E-state index contributed by atoms with van der Waals surface area (Å²) in [4.78, 5) is 11.6. The maximum Gasteiger partial charge on any atom is 0.251 e. The fourth-order valence-electron chi connectivity index (χ4n) is 1.23. The number of amides is 1. The van der Waals surface area contributed by atoms with E-state index in [0.717, 1.165) is 5.56 Å². The van der Waals surface area contributed by atoms with Crippen molar-refractivity contribution in [1.29, 1.82) is 0 Å². The molecule has 0 spiro atoms. The summed E-state index contributed by atoms with van der Waals surface area (Å²) in [6.45, 7) is 6.43. The zero-order valence-corrected chi connectivity index (χ0v) is 9.30. The Morgan fingerprint density at radius 2 is 2.13 bits per heavy atom. The van der Waals surface area contributed by atoms with Crippen LogP contribution in [0.3, 0.4) is 0 Å². The largest absolute Gasteiger partial charge is 0.352 e. The van der Waals surface area contributed by atoms with Crippen molar-refractivity contribution in [3.63, 3.8) is 0 Å². The molecular formula is C12H16FNO. The summed E-state index contributed by atoms with van der Waals surface area (Å²) in [6.07, 6.45) is 0. The molecule has 3 heteroatoms. The zero-order chi connectivity index (χ0) is 11.4. The van der Waals surface area contributed by atoms with E-state index in [0.29, 0.717) is 18.0 Å². The summed E-state index contributed by atoms with van der Waals surface area (Å²) in [5.41, 5.74) is 1.20. The first-order valence-corrected chi connectivity index (χ1v) is 5.05. The van der Waals surface area contributed by atoms with Gasteiger partial charge in [-0.15, -0.1) is 0 Å². The normalized spacial score (nSPS) is 10.5. The molecule has 1 N–H and O–H groups in total. The van der Waals surface area contributed by atoms with Gasteiger partial charge in [-0.2, -0.15) is 0 Å². The van der Waals surface area contributed by atoms with E-state index < -0.39 is 0 Å². The van der Waals surface area contributed by atoms with Crippen molar-refractivity contribution in [1.82, 2.24) is 5.32 Å². The highest BCUT2D eigenvalue weighted by atomic mass is 19.1. The Labute approximate surface area is 89.5 Å². The summed E-state index contributed by atoms with van der Waals surface area (Å²) in [6, 6.07) is 4.24. The first kappa shape index (κ1) is 11.7. The third-order valence-electron chi connectivity index (χ3n) is 2.12. The van der Waals surface area contributed by atoms with Gasteiger partial charge in [0.25, 0.3) is 5.91 Å². The lowest BCUT2D eigenvalue weighted by Gasteiger charge is -2.09. The number of rotatable bonds is 3. The first-order valence-electron chi connectivity index (χ1n) is 5.05. The zero-order valence-electron chi connectivity index (χ0n) is 9.30. The Morgan fingerprint density at radius 3 is 2.73 bits per heavy atom. The van der Waals surface area contributed by atoms with Gasteiger partial charge in [0.15, 0.2) is 0 Å². The molecule has 1 aromatic rings. The molecule has 1 aromatic carbocycles. The monoisotopic (exact) mass is 209 g/mol. The van der Waals surface area contributed by atoms with Crippen molar-refractivity contribution in [3.8, 4) is 0 Å². The summed E-state index contributed by atoms with van der Waals surface area (Å²) in [5.74, 6) is -0.196. The van der Waals surface area contributed by atoms with Crippen LogP contribution in [-0.2, 0) is 0 Å². The second-order valence-electron chi connectivity index (χ2n) is 4.06. The number of carbonyl (C=O) groups excluding carboxylic acids is 1. The van der Waals surface area contributed by atoms with E-state index in [1.165, 1.54) is 12.1 Å². The average molecular weight is 209 g/mol. The van der Waals surface area contributed by atoms with Crippen molar-refractivity contribution in [2.45, 2.75) is 20.8 Å². The van der Waals surface area contributed by atoms with E-state index in [-0.39, 0.29) is 11.7 Å². The quantitative estimate of drug-likeness (QED) is 0.814. The lowest BCUT2D eigenvalue weighted by Crippen LogP contribution is -2.27. The summed E-state index contributed by atoms with van der Waals surface area (Å²) < 4.78 is 12.9. The fourth-order valence-corrected chi connectivity index (χ4v) is 1.23. The molecule has 1 rings (SSSR count). The smallest absolute Gasteiger partial charge is 0.251 e. The molecule has 0 aromatic heterocycles. The number of carbonyl (C=O) groups is 1. The van der Waals surface area contributed by atoms with Gasteiger partial charge in [0, 0.05) is 12.1 Å². The van der Waals surface area contributed by atoms with Crippen molar-refractivity contribution in [2.24, 2.45) is 5.92 Å². The van der Waals surface area contributed by atoms with Gasteiger partial charge >= 0.3 is 0 Å². The van der Waals surface area contributed by atoms with Crippen molar-refractivity contribution >= 4 is 5.91 Å². The van der Waals surface area contributed by atoms with Gasteiger partial charge in [0.05, 0.1) is 0 Å². The average Bonchev–Trinajstić information content (AvgIpc) is 2.18. The van der Waals surface area contributed by atoms with Gasteiger partial charge in [-0.05, 0) is 30.5 Å². The van der Waals surface area contributed by atoms with Crippen LogP contribution >= 0.6 is 0 Å². The molecule has 0 radical (unpaired) electrons. The van der Waals surface area contributed by atoms with Crippen LogP contribution in [0.1, 0.15) is 29.8 Å². The third kappa shape index (κ3) is 3.35. The van der Waals surface area contributed by atoms with E-state index in [1.54, 1.807) is 13.0 Å². The lowest BCUT2D eigenvalue weighted by molar-refractivity contribution is 0.0948. The van der Waals surface area contributed by atoms with Crippen LogP contribution < -0.4 is 5.32 Å². The molecule has 0 aliphatic rings. The number of halogens is 1. The van der Waals surface area contributed by atoms with E-state index in [9.17, 15) is 9.18 Å². The summed E-state index contributed by atoms with van der Waals surface area (Å²) >= 11 is 0. The Bertz CT molecular complexity index is 361. The van der Waals surface area contributed by atoms with Gasteiger partial charge in [-0.3, -0.25) is 4.79 Å². The minimum absolute atomic E-state index is 0.208. The second kappa shape index (κ2) is 4.91. The van der Waals surface area contributed by atoms with E-state index in [2.05, 4.69) is 5.32 Å². The molecule has 2 nitrogen and oxygen atoms in total. The number of aryl methyl sites for hydroxylation is 1. The molecule has 0 saturated carbocycles. The Morgan fingerprint density at radius 1 is 1.47 bits per heavy atom. The predicted molar refractivity (Wildman–Crippen MR) is 58.3 cm³/mol. The number of hydrogen-bond donors (Lipinski definition) is 1. The molecule has 1 amide bonds. The van der Waals surface area contributed by atoms with Gasteiger partial charge < -0.3 is 5.32 Å². The van der Waals surface area contributed by atoms with Crippen molar-refractivity contribution in [3.05, 3.63) is 35.1 Å². The van der Waals surface area contributed by atoms with Crippen LogP contribution in [0.4, 0.5) is 4.39 Å². The highest BCUT2D eigenvalue weighted by Crippen LogP contribution is 2.10. The van der Waals surface area contributed by atoms with Crippen LogP contribution in [0.25, 0.3) is 0 Å². The Hall–Kier alpha value is -1.38. The highest BCUT2D eigenvalue weighted by molar-refractivity contribution is 5.95. The van der Waals surface area contributed by atoms with Crippen LogP contribution in [0.5, 0.6) is 0 Å². The molecule has 0 unspecified atom stereocenters. The minimum atomic E-state index is -0.379. The van der Waals surface area contributed by atoms with Crippen molar-refractivity contribution in [2.75, 3.05) is 6.54 Å². The fraction of sp³-hybridized carbons (Fsp3) is 0.417. The maximum absolute atomic E-state index is 12.9. The Balaban J connectivity index is 2.77. The second-order valence-corrected chi connectivity index (χ2v) is 4.06. The SMILES string of the molecule is Cc1ccc(F)cc1C(=O)NCC(C)C. The van der Waals surface area contributed by atoms with Crippen LogP contribution in [0.2, 0.25) is 0 Å². The maximum atomic E-state index is 12.9. The first-order chi connectivity index (χ1) is 7.00. The van der Waals surface area contributed by atoms with Gasteiger partial charge in [-0.25, -0.2) is 4.39 Å². The molecule has 0 heterocycles. The lowest BCUT2D eigenvalue weighted by atomic mass is 10.1. The third-order valence-corrected chi connectivity index (χ3v) is 2.12. The molecule has 0 bridgehead atoms. The molecule has 0 atom stereocenters. The van der Waals surface area contributed by atoms with E-state index in [1.807, 2.05) is 13.8 Å². The standard InChI is InChI=1S/C12H16FNO/c1-8(2)7-14-12(15)11-6-10(13)5-4-9(11)3/h4-6,8H,7H2,1-3H3,(H,14,15). The van der Waals surface area contributed by atoms with E-state index in [4.69, 9.17) is 0 Å². The van der Waals surface area contributed by atoms with Crippen LogP contribution in [0.15, 0.2) is 18.2 Å². The molecule has 0 aliphatic heterocycles. The Kier molecular flexibility index (Phi) is 3.83. The molecular weight excluding hydrogens is 193 g/mol. The molecule has 0 fully saturated rings. The van der Waals surface area contributed by atoms with Gasteiger partial charge in [0.1, 0.15) is 5.82 Å². The summed E-state index contributed by atoms with van der Waals surface area (Å²) in [5, 5.41) is 2.76. The molecule has 82 valence electrons. The summed E-state index contributed by atoms with van der Waals surface area (Å²) in [7, 11) is 0. The highest BCUT2D eigenvalue weighted by Gasteiger charge is 2.09. The van der Waals surface area contributed by atoms with E-state index >= 15 is 0 Å². The molecule has 0 saturated heterocycles. The predicted octanol–water partition coefficient (Wildman–Crippen LogP) is 2.52. The minimum Gasteiger partial charge on any atom is -0.352 e. The topological polar surface area (TPSA) is 29.1 Å². The van der Waals surface area contributed by atoms with Crippen LogP contribution in [0, 0.1) is 18.7 Å². The van der Waals surface area contributed by atoms with Crippen LogP contribution in [-0.4, -0.2) is 12.5 Å². The van der Waals surface area contributed by atoms with Gasteiger partial charge in [0.2, 0.25) is 0 Å². The number of hydrogen-bond acceptors (Lipinski definition) is 1. The number of benzene rings is 1. The van der Waals surface area contributed by atoms with Gasteiger partial charge in [-0.1, -0.05) is 19.9 Å². The molecule has 15 heavy (non-hydrogen) atoms. The van der Waals surface area contributed by atoms with Crippen molar-refractivity contribution < 1.29 is 9.18 Å². The number of nitrogens with one attached hydrogen (secondary N) is 1.